The number of aryl methyl sites for hydroxylation is 1. The van der Waals surface area contributed by atoms with Crippen molar-refractivity contribution in [3.8, 4) is 0 Å². The molecule has 0 aromatic carbocycles. The van der Waals surface area contributed by atoms with E-state index < -0.39 is 11.2 Å². The minimum absolute atomic E-state index is 0.159. The Morgan fingerprint density at radius 2 is 1.62 bits per heavy atom. The molecule has 0 unspecified atom stereocenters. The molecule has 3 heterocycles. The van der Waals surface area contributed by atoms with Gasteiger partial charge in [0.2, 0.25) is 0 Å². The third-order valence-electron chi connectivity index (χ3n) is 4.75. The van der Waals surface area contributed by atoms with Crippen LogP contribution in [0.2, 0.25) is 0 Å². The highest BCUT2D eigenvalue weighted by Gasteiger charge is 2.29. The Kier molecular flexibility index (Phi) is 5.39. The molecule has 3 N–H and O–H groups in total. The van der Waals surface area contributed by atoms with Crippen molar-refractivity contribution < 1.29 is 0 Å². The molecule has 0 radical (unpaired) electrons. The highest BCUT2D eigenvalue weighted by molar-refractivity contribution is 5.67. The second kappa shape index (κ2) is 7.72. The number of fused-ring (bicyclic) bond motifs is 2. The van der Waals surface area contributed by atoms with Crippen LogP contribution in [0.1, 0.15) is 62.4 Å². The largest absolute Gasteiger partial charge is 0.327 e. The molecule has 0 bridgehead atoms. The molecule has 0 fully saturated rings. The van der Waals surface area contributed by atoms with E-state index in [-0.39, 0.29) is 12.0 Å². The molecule has 26 heavy (non-hydrogen) atoms. The lowest BCUT2D eigenvalue weighted by atomic mass is 10.0. The molecule has 140 valence electrons. The number of nitrogens with one attached hydrogen (secondary N) is 3. The van der Waals surface area contributed by atoms with Crippen molar-refractivity contribution in [1.29, 1.82) is 0 Å². The van der Waals surface area contributed by atoms with Gasteiger partial charge < -0.3 is 9.88 Å². The van der Waals surface area contributed by atoms with Crippen LogP contribution in [0.5, 0.6) is 0 Å². The summed E-state index contributed by atoms with van der Waals surface area (Å²) >= 11 is 0. The smallest absolute Gasteiger partial charge is 0.312 e. The van der Waals surface area contributed by atoms with Crippen LogP contribution >= 0.6 is 0 Å². The minimum Gasteiger partial charge on any atom is -0.312 e. The van der Waals surface area contributed by atoms with E-state index in [4.69, 9.17) is 0 Å². The van der Waals surface area contributed by atoms with E-state index in [0.717, 1.165) is 19.3 Å². The molecule has 3 rings (SSSR count). The number of aromatic amines is 3. The maximum Gasteiger partial charge on any atom is 0.327 e. The zero-order chi connectivity index (χ0) is 18.7. The fourth-order valence-electron chi connectivity index (χ4n) is 3.42. The van der Waals surface area contributed by atoms with Gasteiger partial charge >= 0.3 is 5.69 Å². The van der Waals surface area contributed by atoms with Crippen molar-refractivity contribution in [3.05, 3.63) is 48.1 Å². The lowest BCUT2D eigenvalue weighted by molar-refractivity contribution is 0.605. The number of H-pyrrole nitrogens is 3. The molecule has 1 aliphatic rings. The van der Waals surface area contributed by atoms with Gasteiger partial charge in [-0.3, -0.25) is 19.6 Å². The summed E-state index contributed by atoms with van der Waals surface area (Å²) in [6, 6.07) is 0. The predicted octanol–water partition coefficient (Wildman–Crippen LogP) is 1.86. The number of unbranched alkanes of at least 4 members (excludes halogenated alkanes) is 5. The molecule has 0 saturated heterocycles. The molecule has 0 atom stereocenters. The van der Waals surface area contributed by atoms with E-state index in [0.29, 0.717) is 35.1 Å². The average Bonchev–Trinajstić information content (AvgIpc) is 2.58. The number of hydrogen-bond donors (Lipinski definition) is 3. The van der Waals surface area contributed by atoms with Crippen molar-refractivity contribution >= 4 is 11.6 Å². The highest BCUT2D eigenvalue weighted by atomic mass is 16.2. The SMILES string of the molecule is CCCCCCCCN1c2nc(C)[nH]c(=O)c2Cc2c1[nH]c(=O)[nH]c2=O. The van der Waals surface area contributed by atoms with Crippen LogP contribution < -0.4 is 21.7 Å². The van der Waals surface area contributed by atoms with E-state index >= 15 is 0 Å². The first-order chi connectivity index (χ1) is 12.5. The van der Waals surface area contributed by atoms with Gasteiger partial charge in [0.15, 0.2) is 0 Å². The fourth-order valence-corrected chi connectivity index (χ4v) is 3.42. The van der Waals surface area contributed by atoms with E-state index in [1.165, 1.54) is 19.3 Å². The molecular weight excluding hydrogens is 334 g/mol. The van der Waals surface area contributed by atoms with E-state index in [2.05, 4.69) is 26.9 Å². The Morgan fingerprint density at radius 1 is 0.923 bits per heavy atom. The summed E-state index contributed by atoms with van der Waals surface area (Å²) in [6.07, 6.45) is 6.89. The van der Waals surface area contributed by atoms with E-state index in [1.54, 1.807) is 6.92 Å². The minimum atomic E-state index is -0.549. The maximum atomic E-state index is 12.4. The quantitative estimate of drug-likeness (QED) is 0.653. The van der Waals surface area contributed by atoms with Crippen molar-refractivity contribution in [1.82, 2.24) is 19.9 Å². The van der Waals surface area contributed by atoms with Gasteiger partial charge in [0, 0.05) is 13.0 Å². The number of anilines is 2. The van der Waals surface area contributed by atoms with Gasteiger partial charge in [-0.15, -0.1) is 0 Å². The number of aromatic nitrogens is 4. The third kappa shape index (κ3) is 3.63. The molecule has 2 aromatic rings. The van der Waals surface area contributed by atoms with Gasteiger partial charge in [-0.25, -0.2) is 9.78 Å². The molecule has 8 heteroatoms. The molecule has 0 spiro atoms. The molecule has 8 nitrogen and oxygen atoms in total. The zero-order valence-electron chi connectivity index (χ0n) is 15.3. The summed E-state index contributed by atoms with van der Waals surface area (Å²) in [5.74, 6) is 1.50. The summed E-state index contributed by atoms with van der Waals surface area (Å²) in [5.41, 5.74) is -0.378. The summed E-state index contributed by atoms with van der Waals surface area (Å²) in [5, 5.41) is 0. The van der Waals surface area contributed by atoms with Crippen molar-refractivity contribution in [3.63, 3.8) is 0 Å². The van der Waals surface area contributed by atoms with Gasteiger partial charge in [0.05, 0.1) is 11.1 Å². The fraction of sp³-hybridized carbons (Fsp3) is 0.556. The normalized spacial score (nSPS) is 12.8. The van der Waals surface area contributed by atoms with Crippen LogP contribution in [0, 0.1) is 6.92 Å². The Hall–Kier alpha value is -2.64. The van der Waals surface area contributed by atoms with Gasteiger partial charge in [-0.05, 0) is 13.3 Å². The van der Waals surface area contributed by atoms with Gasteiger partial charge in [0.25, 0.3) is 11.1 Å². The molecule has 0 aliphatic carbocycles. The highest BCUT2D eigenvalue weighted by Crippen LogP contribution is 2.32. The Labute approximate surface area is 150 Å². The monoisotopic (exact) mass is 359 g/mol. The average molecular weight is 359 g/mol. The first-order valence-electron chi connectivity index (χ1n) is 9.24. The van der Waals surface area contributed by atoms with Crippen molar-refractivity contribution in [2.75, 3.05) is 11.4 Å². The molecular formula is C18H25N5O3. The maximum absolute atomic E-state index is 12.4. The number of hydrogen-bond acceptors (Lipinski definition) is 5. The molecule has 2 aromatic heterocycles. The van der Waals surface area contributed by atoms with Crippen LogP contribution in [0.25, 0.3) is 0 Å². The van der Waals surface area contributed by atoms with Crippen LogP contribution in [0.3, 0.4) is 0 Å². The third-order valence-corrected chi connectivity index (χ3v) is 4.75. The Morgan fingerprint density at radius 3 is 2.38 bits per heavy atom. The second-order valence-corrected chi connectivity index (χ2v) is 6.79. The zero-order valence-corrected chi connectivity index (χ0v) is 15.3. The molecule has 1 aliphatic heterocycles. The standard InChI is InChI=1S/C18H25N5O3/c1-3-4-5-6-7-8-9-23-14-12(16(24)20-11(2)19-14)10-13-15(23)21-18(26)22-17(13)25/h3-10H2,1-2H3,(H,19,20,24)(H2,21,22,25,26). The van der Waals surface area contributed by atoms with Crippen molar-refractivity contribution in [2.24, 2.45) is 0 Å². The lowest BCUT2D eigenvalue weighted by Gasteiger charge is -2.30. The van der Waals surface area contributed by atoms with Gasteiger partial charge in [0.1, 0.15) is 17.5 Å². The summed E-state index contributed by atoms with van der Waals surface area (Å²) in [4.78, 5) is 50.3. The van der Waals surface area contributed by atoms with Gasteiger partial charge in [-0.2, -0.15) is 0 Å². The summed E-state index contributed by atoms with van der Waals surface area (Å²) in [6.45, 7) is 4.50. The summed E-state index contributed by atoms with van der Waals surface area (Å²) < 4.78 is 0. The van der Waals surface area contributed by atoms with Crippen LogP contribution in [0.15, 0.2) is 14.4 Å². The van der Waals surface area contributed by atoms with Gasteiger partial charge in [-0.1, -0.05) is 39.0 Å². The number of nitrogens with zero attached hydrogens (tertiary/aromatic N) is 2. The van der Waals surface area contributed by atoms with E-state index in [1.807, 2.05) is 4.90 Å². The van der Waals surface area contributed by atoms with E-state index in [9.17, 15) is 14.4 Å². The topological polar surface area (TPSA) is 115 Å². The van der Waals surface area contributed by atoms with Crippen molar-refractivity contribution in [2.45, 2.75) is 58.8 Å². The lowest BCUT2D eigenvalue weighted by Crippen LogP contribution is -2.38. The predicted molar refractivity (Wildman–Crippen MR) is 100 cm³/mol. The first kappa shape index (κ1) is 18.2. The van der Waals surface area contributed by atoms with Crippen LogP contribution in [-0.4, -0.2) is 26.5 Å². The second-order valence-electron chi connectivity index (χ2n) is 6.79. The summed E-state index contributed by atoms with van der Waals surface area (Å²) in [7, 11) is 0. The first-order valence-corrected chi connectivity index (χ1v) is 9.24. The van der Waals surface area contributed by atoms with Crippen LogP contribution in [0.4, 0.5) is 11.6 Å². The Balaban J connectivity index is 1.93. The molecule has 0 saturated carbocycles. The van der Waals surface area contributed by atoms with Crippen LogP contribution in [-0.2, 0) is 6.42 Å². The Bertz CT molecular complexity index is 957. The molecule has 0 amide bonds. The number of rotatable bonds is 7.